The molecule has 0 bridgehead atoms. The summed E-state index contributed by atoms with van der Waals surface area (Å²) in [6.45, 7) is -0.262. The van der Waals surface area contributed by atoms with Crippen molar-refractivity contribution >= 4 is 46.1 Å². The average molecular weight is 389 g/mol. The van der Waals surface area contributed by atoms with E-state index in [9.17, 15) is 9.90 Å². The van der Waals surface area contributed by atoms with Gasteiger partial charge < -0.3 is 9.84 Å². The first-order valence-electron chi connectivity index (χ1n) is 7.65. The van der Waals surface area contributed by atoms with Crippen LogP contribution in [0.4, 0.5) is 0 Å². The van der Waals surface area contributed by atoms with Crippen LogP contribution in [0.2, 0.25) is 10.0 Å². The van der Waals surface area contributed by atoms with Crippen molar-refractivity contribution in [1.29, 1.82) is 0 Å². The number of aromatic hydroxyl groups is 1. The van der Waals surface area contributed by atoms with Crippen molar-refractivity contribution in [1.82, 2.24) is 5.43 Å². The number of nitrogens with zero attached hydrogens (tertiary/aromatic N) is 1. The number of phenolic OH excluding ortho intramolecular Hbond substituents is 1. The Morgan fingerprint density at radius 2 is 1.96 bits per heavy atom. The zero-order chi connectivity index (χ0) is 18.5. The third-order valence-corrected chi connectivity index (χ3v) is 4.11. The molecule has 0 aliphatic carbocycles. The molecule has 0 aliphatic heterocycles. The predicted molar refractivity (Wildman–Crippen MR) is 103 cm³/mol. The highest BCUT2D eigenvalue weighted by Gasteiger charge is 2.07. The van der Waals surface area contributed by atoms with Crippen LogP contribution in [0.3, 0.4) is 0 Å². The van der Waals surface area contributed by atoms with Crippen LogP contribution in [0, 0.1) is 0 Å². The molecule has 7 heteroatoms. The molecule has 132 valence electrons. The van der Waals surface area contributed by atoms with Gasteiger partial charge in [-0.25, -0.2) is 5.43 Å². The van der Waals surface area contributed by atoms with Crippen molar-refractivity contribution in [2.24, 2.45) is 5.10 Å². The molecule has 0 saturated heterocycles. The van der Waals surface area contributed by atoms with Gasteiger partial charge in [0, 0.05) is 16.0 Å². The number of carbonyl (C=O) groups is 1. The summed E-state index contributed by atoms with van der Waals surface area (Å²) in [5, 5.41) is 16.5. The lowest BCUT2D eigenvalue weighted by Gasteiger charge is -2.07. The van der Waals surface area contributed by atoms with E-state index < -0.39 is 5.91 Å². The van der Waals surface area contributed by atoms with Gasteiger partial charge in [-0.15, -0.1) is 0 Å². The molecule has 0 unspecified atom stereocenters. The Kier molecular flexibility index (Phi) is 5.61. The maximum atomic E-state index is 11.8. The van der Waals surface area contributed by atoms with Crippen molar-refractivity contribution in [2.45, 2.75) is 0 Å². The second-order valence-electron chi connectivity index (χ2n) is 5.38. The van der Waals surface area contributed by atoms with Crippen LogP contribution < -0.4 is 10.2 Å². The number of rotatable bonds is 5. The first-order valence-corrected chi connectivity index (χ1v) is 8.40. The Balaban J connectivity index is 1.60. The number of hydrogen-bond donors (Lipinski definition) is 2. The Hall–Kier alpha value is -2.76. The fourth-order valence-electron chi connectivity index (χ4n) is 2.32. The zero-order valence-corrected chi connectivity index (χ0v) is 15.0. The van der Waals surface area contributed by atoms with Gasteiger partial charge in [0.05, 0.1) is 11.2 Å². The Morgan fingerprint density at radius 3 is 2.77 bits per heavy atom. The van der Waals surface area contributed by atoms with Gasteiger partial charge in [0.15, 0.2) is 6.61 Å². The highest BCUT2D eigenvalue weighted by atomic mass is 35.5. The molecule has 1 amide bonds. The van der Waals surface area contributed by atoms with Crippen LogP contribution in [-0.2, 0) is 4.79 Å². The van der Waals surface area contributed by atoms with Gasteiger partial charge >= 0.3 is 0 Å². The van der Waals surface area contributed by atoms with E-state index in [1.54, 1.807) is 18.2 Å². The smallest absolute Gasteiger partial charge is 0.277 e. The molecule has 3 aromatic carbocycles. The molecule has 5 nitrogen and oxygen atoms in total. The number of halogens is 2. The highest BCUT2D eigenvalue weighted by molar-refractivity contribution is 6.35. The summed E-state index contributed by atoms with van der Waals surface area (Å²) >= 11 is 11.8. The Morgan fingerprint density at radius 1 is 1.15 bits per heavy atom. The lowest BCUT2D eigenvalue weighted by Crippen LogP contribution is -2.24. The van der Waals surface area contributed by atoms with Crippen LogP contribution >= 0.6 is 23.2 Å². The lowest BCUT2D eigenvalue weighted by molar-refractivity contribution is -0.123. The molecule has 2 N–H and O–H groups in total. The van der Waals surface area contributed by atoms with E-state index in [1.165, 1.54) is 12.3 Å². The monoisotopic (exact) mass is 388 g/mol. The second kappa shape index (κ2) is 8.08. The third kappa shape index (κ3) is 4.25. The Labute approximate surface area is 159 Å². The van der Waals surface area contributed by atoms with Crippen molar-refractivity contribution in [3.05, 3.63) is 70.2 Å². The second-order valence-corrected chi connectivity index (χ2v) is 6.22. The number of nitrogens with one attached hydrogen (secondary N) is 1. The standard InChI is InChI=1S/C19H14Cl2N2O3/c20-14-7-8-17(16(21)9-14)26-11-18(24)23-22-10-13-6-5-12-3-1-2-4-15(12)19(13)25/h1-10,25H,11H2,(H,23,24)/b22-10+. The maximum absolute atomic E-state index is 11.8. The minimum Gasteiger partial charge on any atom is -0.507 e. The highest BCUT2D eigenvalue weighted by Crippen LogP contribution is 2.28. The number of hydrogen-bond acceptors (Lipinski definition) is 4. The normalized spacial score (nSPS) is 11.0. The number of ether oxygens (including phenoxy) is 1. The molecule has 3 aromatic rings. The summed E-state index contributed by atoms with van der Waals surface area (Å²) in [4.78, 5) is 11.8. The molecule has 0 saturated carbocycles. The SMILES string of the molecule is O=C(COc1ccc(Cl)cc1Cl)N/N=C/c1ccc2ccccc2c1O. The van der Waals surface area contributed by atoms with E-state index in [1.807, 2.05) is 30.3 Å². The third-order valence-electron chi connectivity index (χ3n) is 3.58. The number of amides is 1. The first-order chi connectivity index (χ1) is 12.5. The zero-order valence-electron chi connectivity index (χ0n) is 13.4. The summed E-state index contributed by atoms with van der Waals surface area (Å²) in [5.41, 5.74) is 2.82. The predicted octanol–water partition coefficient (Wildman–Crippen LogP) is 4.38. The fourth-order valence-corrected chi connectivity index (χ4v) is 2.78. The van der Waals surface area contributed by atoms with E-state index in [0.29, 0.717) is 26.7 Å². The number of hydrazone groups is 1. The molecule has 0 heterocycles. The van der Waals surface area contributed by atoms with E-state index in [-0.39, 0.29) is 12.4 Å². The van der Waals surface area contributed by atoms with Gasteiger partial charge in [-0.2, -0.15) is 5.10 Å². The molecule has 26 heavy (non-hydrogen) atoms. The molecule has 0 fully saturated rings. The van der Waals surface area contributed by atoms with Crippen molar-refractivity contribution < 1.29 is 14.6 Å². The quantitative estimate of drug-likeness (QED) is 0.503. The first kappa shape index (κ1) is 18.0. The van der Waals surface area contributed by atoms with Crippen LogP contribution in [0.15, 0.2) is 59.7 Å². The van der Waals surface area contributed by atoms with Crippen molar-refractivity contribution in [3.63, 3.8) is 0 Å². The molecule has 0 spiro atoms. The van der Waals surface area contributed by atoms with Crippen molar-refractivity contribution in [2.75, 3.05) is 6.61 Å². The lowest BCUT2D eigenvalue weighted by atomic mass is 10.1. The minimum absolute atomic E-state index is 0.102. The van der Waals surface area contributed by atoms with Gasteiger partial charge in [-0.3, -0.25) is 4.79 Å². The van der Waals surface area contributed by atoms with Gasteiger partial charge in [0.2, 0.25) is 0 Å². The molecular formula is C19H14Cl2N2O3. The molecule has 0 aliphatic rings. The minimum atomic E-state index is -0.465. The molecule has 3 rings (SSSR count). The number of carbonyl (C=O) groups excluding carboxylic acids is 1. The molecular weight excluding hydrogens is 375 g/mol. The fraction of sp³-hybridized carbons (Fsp3) is 0.0526. The summed E-state index contributed by atoms with van der Waals surface area (Å²) in [7, 11) is 0. The van der Waals surface area contributed by atoms with Gasteiger partial charge in [0.25, 0.3) is 5.91 Å². The summed E-state index contributed by atoms with van der Waals surface area (Å²) in [5.74, 6) is -0.0137. The van der Waals surface area contributed by atoms with E-state index in [0.717, 1.165) is 5.39 Å². The van der Waals surface area contributed by atoms with Gasteiger partial charge in [0.1, 0.15) is 11.5 Å². The van der Waals surface area contributed by atoms with Gasteiger partial charge in [-0.1, -0.05) is 53.5 Å². The number of phenols is 1. The largest absolute Gasteiger partial charge is 0.507 e. The van der Waals surface area contributed by atoms with Gasteiger partial charge in [-0.05, 0) is 29.7 Å². The Bertz CT molecular complexity index is 990. The number of benzene rings is 3. The van der Waals surface area contributed by atoms with E-state index in [4.69, 9.17) is 27.9 Å². The van der Waals surface area contributed by atoms with Crippen LogP contribution in [0.5, 0.6) is 11.5 Å². The molecule has 0 radical (unpaired) electrons. The van der Waals surface area contributed by atoms with Crippen LogP contribution in [-0.4, -0.2) is 23.8 Å². The molecule has 0 atom stereocenters. The summed E-state index contributed by atoms with van der Waals surface area (Å²) in [6, 6.07) is 15.7. The van der Waals surface area contributed by atoms with E-state index in [2.05, 4.69) is 10.5 Å². The van der Waals surface area contributed by atoms with Crippen LogP contribution in [0.1, 0.15) is 5.56 Å². The van der Waals surface area contributed by atoms with Crippen LogP contribution in [0.25, 0.3) is 10.8 Å². The van der Waals surface area contributed by atoms with E-state index >= 15 is 0 Å². The topological polar surface area (TPSA) is 70.9 Å². The average Bonchev–Trinajstić information content (AvgIpc) is 2.63. The van der Waals surface area contributed by atoms with Crippen molar-refractivity contribution in [3.8, 4) is 11.5 Å². The summed E-state index contributed by atoms with van der Waals surface area (Å²) < 4.78 is 5.31. The summed E-state index contributed by atoms with van der Waals surface area (Å²) in [6.07, 6.45) is 1.37. The maximum Gasteiger partial charge on any atom is 0.277 e. The molecule has 0 aromatic heterocycles. The number of fused-ring (bicyclic) bond motifs is 1.